The van der Waals surface area contributed by atoms with Gasteiger partial charge < -0.3 is 4.42 Å². The van der Waals surface area contributed by atoms with E-state index in [9.17, 15) is 0 Å². The summed E-state index contributed by atoms with van der Waals surface area (Å²) in [4.78, 5) is 4.81. The molecule has 0 saturated carbocycles. The van der Waals surface area contributed by atoms with Crippen molar-refractivity contribution in [2.75, 3.05) is 0 Å². The van der Waals surface area contributed by atoms with Crippen LogP contribution in [0, 0.1) is 48.5 Å². The van der Waals surface area contributed by atoms with Crippen LogP contribution in [0.2, 0.25) is 0 Å². The van der Waals surface area contributed by atoms with Gasteiger partial charge in [-0.2, -0.15) is 0 Å². The fourth-order valence-electron chi connectivity index (χ4n) is 3.04. The van der Waals surface area contributed by atoms with Crippen molar-refractivity contribution in [1.82, 2.24) is 4.98 Å². The van der Waals surface area contributed by atoms with Crippen molar-refractivity contribution < 1.29 is 4.42 Å². The smallest absolute Gasteiger partial charge is 0.227 e. The second-order valence-electron chi connectivity index (χ2n) is 6.38. The Morgan fingerprint density at radius 2 is 1.32 bits per heavy atom. The highest BCUT2D eigenvalue weighted by molar-refractivity contribution is 5.85. The van der Waals surface area contributed by atoms with Crippen LogP contribution in [0.1, 0.15) is 38.9 Å². The van der Waals surface area contributed by atoms with Crippen LogP contribution in [0.15, 0.2) is 16.5 Å². The number of oxazole rings is 1. The number of fused-ring (bicyclic) bond motifs is 1. The molecule has 0 spiro atoms. The number of hydrogen-bond acceptors (Lipinski definition) is 2. The highest BCUT2D eigenvalue weighted by Gasteiger charge is 2.18. The summed E-state index contributed by atoms with van der Waals surface area (Å²) in [7, 11) is 0. The van der Waals surface area contributed by atoms with Gasteiger partial charge in [0.2, 0.25) is 5.89 Å². The second kappa shape index (κ2) is 4.98. The lowest BCUT2D eigenvalue weighted by molar-refractivity contribution is 0.616. The Labute approximate surface area is 132 Å². The zero-order valence-electron chi connectivity index (χ0n) is 14.5. The van der Waals surface area contributed by atoms with Gasteiger partial charge in [-0.15, -0.1) is 0 Å². The summed E-state index contributed by atoms with van der Waals surface area (Å²) in [5.74, 6) is 0.729. The minimum atomic E-state index is 0.729. The van der Waals surface area contributed by atoms with E-state index in [0.717, 1.165) is 22.6 Å². The standard InChI is InChI=1S/C20H23NO/c1-10-8-9-17(14(5)11(10)2)20-21-18-15(6)12(3)13(4)16(7)19(18)22-20/h8-9H,1-7H3. The van der Waals surface area contributed by atoms with Crippen LogP contribution in [-0.4, -0.2) is 4.98 Å². The first-order valence-electron chi connectivity index (χ1n) is 7.77. The van der Waals surface area contributed by atoms with Crippen LogP contribution in [-0.2, 0) is 0 Å². The van der Waals surface area contributed by atoms with E-state index in [1.807, 2.05) is 0 Å². The van der Waals surface area contributed by atoms with Crippen molar-refractivity contribution in [2.45, 2.75) is 48.5 Å². The first-order chi connectivity index (χ1) is 10.3. The number of hydrogen-bond donors (Lipinski definition) is 0. The largest absolute Gasteiger partial charge is 0.436 e. The Balaban J connectivity index is 2.33. The van der Waals surface area contributed by atoms with Gasteiger partial charge in [0.15, 0.2) is 5.58 Å². The van der Waals surface area contributed by atoms with Crippen LogP contribution >= 0.6 is 0 Å². The van der Waals surface area contributed by atoms with E-state index >= 15 is 0 Å². The predicted molar refractivity (Wildman–Crippen MR) is 92.6 cm³/mol. The molecular formula is C20H23NO. The Hall–Kier alpha value is -2.09. The van der Waals surface area contributed by atoms with Gasteiger partial charge in [0.25, 0.3) is 0 Å². The summed E-state index contributed by atoms with van der Waals surface area (Å²) >= 11 is 0. The molecule has 0 bridgehead atoms. The normalized spacial score (nSPS) is 11.4. The van der Waals surface area contributed by atoms with E-state index in [2.05, 4.69) is 60.6 Å². The van der Waals surface area contributed by atoms with E-state index in [1.54, 1.807) is 0 Å². The Bertz CT molecular complexity index is 855. The van der Waals surface area contributed by atoms with Gasteiger partial charge >= 0.3 is 0 Å². The van der Waals surface area contributed by atoms with Gasteiger partial charge in [0, 0.05) is 5.56 Å². The van der Waals surface area contributed by atoms with Crippen LogP contribution < -0.4 is 0 Å². The molecule has 0 radical (unpaired) electrons. The number of rotatable bonds is 1. The van der Waals surface area contributed by atoms with E-state index in [0.29, 0.717) is 0 Å². The maximum atomic E-state index is 6.17. The molecule has 2 nitrogen and oxygen atoms in total. The van der Waals surface area contributed by atoms with Crippen molar-refractivity contribution in [3.63, 3.8) is 0 Å². The van der Waals surface area contributed by atoms with Crippen molar-refractivity contribution in [2.24, 2.45) is 0 Å². The maximum absolute atomic E-state index is 6.17. The lowest BCUT2D eigenvalue weighted by Crippen LogP contribution is -1.92. The van der Waals surface area contributed by atoms with E-state index in [-0.39, 0.29) is 0 Å². The molecule has 2 heteroatoms. The van der Waals surface area contributed by atoms with Crippen LogP contribution in [0.25, 0.3) is 22.6 Å². The molecule has 0 aliphatic carbocycles. The average Bonchev–Trinajstić information content (AvgIpc) is 2.94. The summed E-state index contributed by atoms with van der Waals surface area (Å²) < 4.78 is 6.17. The number of aromatic nitrogens is 1. The van der Waals surface area contributed by atoms with Gasteiger partial charge in [0.05, 0.1) is 0 Å². The number of aryl methyl sites for hydroxylation is 3. The van der Waals surface area contributed by atoms with Crippen molar-refractivity contribution in [1.29, 1.82) is 0 Å². The first-order valence-corrected chi connectivity index (χ1v) is 7.77. The van der Waals surface area contributed by atoms with Gasteiger partial charge in [-0.3, -0.25) is 0 Å². The topological polar surface area (TPSA) is 26.0 Å². The van der Waals surface area contributed by atoms with Crippen molar-refractivity contribution in [3.05, 3.63) is 51.1 Å². The van der Waals surface area contributed by atoms with Gasteiger partial charge in [-0.25, -0.2) is 4.98 Å². The summed E-state index contributed by atoms with van der Waals surface area (Å²) in [6, 6.07) is 4.26. The molecule has 22 heavy (non-hydrogen) atoms. The third-order valence-electron chi connectivity index (χ3n) is 5.30. The summed E-state index contributed by atoms with van der Waals surface area (Å²) in [6.45, 7) is 15.0. The average molecular weight is 293 g/mol. The van der Waals surface area contributed by atoms with Gasteiger partial charge in [-0.1, -0.05) is 6.07 Å². The molecule has 0 aliphatic heterocycles. The van der Waals surface area contributed by atoms with Crippen LogP contribution in [0.5, 0.6) is 0 Å². The summed E-state index contributed by atoms with van der Waals surface area (Å²) in [5.41, 5.74) is 11.9. The second-order valence-corrected chi connectivity index (χ2v) is 6.38. The molecule has 0 fully saturated rings. The van der Waals surface area contributed by atoms with E-state index in [4.69, 9.17) is 9.40 Å². The zero-order valence-corrected chi connectivity index (χ0v) is 14.5. The third kappa shape index (κ3) is 1.98. The quantitative estimate of drug-likeness (QED) is 0.579. The molecule has 114 valence electrons. The molecule has 0 saturated heterocycles. The van der Waals surface area contributed by atoms with Gasteiger partial charge in [0.1, 0.15) is 5.52 Å². The van der Waals surface area contributed by atoms with E-state index < -0.39 is 0 Å². The molecule has 0 amide bonds. The molecule has 1 heterocycles. The fraction of sp³-hybridized carbons (Fsp3) is 0.350. The van der Waals surface area contributed by atoms with E-state index in [1.165, 1.54) is 38.9 Å². The first kappa shape index (κ1) is 14.8. The molecule has 0 aliphatic rings. The summed E-state index contributed by atoms with van der Waals surface area (Å²) in [5, 5.41) is 0. The summed E-state index contributed by atoms with van der Waals surface area (Å²) in [6.07, 6.45) is 0. The Morgan fingerprint density at radius 3 is 2.00 bits per heavy atom. The minimum absolute atomic E-state index is 0.729. The van der Waals surface area contributed by atoms with Crippen molar-refractivity contribution in [3.8, 4) is 11.5 Å². The number of benzene rings is 2. The monoisotopic (exact) mass is 293 g/mol. The van der Waals surface area contributed by atoms with Gasteiger partial charge in [-0.05, 0) is 93.5 Å². The fourth-order valence-corrected chi connectivity index (χ4v) is 3.04. The number of nitrogens with zero attached hydrogens (tertiary/aromatic N) is 1. The molecule has 0 N–H and O–H groups in total. The van der Waals surface area contributed by atoms with Crippen molar-refractivity contribution >= 4 is 11.1 Å². The lowest BCUT2D eigenvalue weighted by atomic mass is 9.98. The lowest BCUT2D eigenvalue weighted by Gasteiger charge is -2.08. The molecule has 2 aromatic carbocycles. The maximum Gasteiger partial charge on any atom is 0.227 e. The molecule has 3 aromatic rings. The Kier molecular flexibility index (Phi) is 3.36. The Morgan fingerprint density at radius 1 is 0.682 bits per heavy atom. The highest BCUT2D eigenvalue weighted by Crippen LogP contribution is 2.34. The molecule has 0 atom stereocenters. The third-order valence-corrected chi connectivity index (χ3v) is 5.30. The predicted octanol–water partition coefficient (Wildman–Crippen LogP) is 5.65. The highest BCUT2D eigenvalue weighted by atomic mass is 16.3. The molecule has 3 rings (SSSR count). The van der Waals surface area contributed by atoms with Crippen LogP contribution in [0.3, 0.4) is 0 Å². The van der Waals surface area contributed by atoms with Crippen LogP contribution in [0.4, 0.5) is 0 Å². The zero-order chi connectivity index (χ0) is 16.2. The molecule has 0 unspecified atom stereocenters. The minimum Gasteiger partial charge on any atom is -0.436 e. The SMILES string of the molecule is Cc1ccc(-c2nc3c(C)c(C)c(C)c(C)c3o2)c(C)c1C. The molecular weight excluding hydrogens is 270 g/mol. The molecule has 1 aromatic heterocycles.